The van der Waals surface area contributed by atoms with Crippen LogP contribution in [0.5, 0.6) is 0 Å². The number of hydrogen-bond donors (Lipinski definition) is 0. The Bertz CT molecular complexity index is 858. The van der Waals surface area contributed by atoms with Gasteiger partial charge < -0.3 is 0 Å². The van der Waals surface area contributed by atoms with E-state index in [-0.39, 0.29) is 0 Å². The van der Waals surface area contributed by atoms with Crippen molar-refractivity contribution in [1.82, 2.24) is 0 Å². The van der Waals surface area contributed by atoms with E-state index in [9.17, 15) is 0 Å². The van der Waals surface area contributed by atoms with Gasteiger partial charge in [0.05, 0.1) is 0 Å². The molecule has 2 unspecified atom stereocenters. The van der Waals surface area contributed by atoms with Gasteiger partial charge in [-0.3, -0.25) is 0 Å². The molecule has 110 valence electrons. The van der Waals surface area contributed by atoms with Crippen molar-refractivity contribution in [1.29, 1.82) is 0 Å². The summed E-state index contributed by atoms with van der Waals surface area (Å²) < 4.78 is 0. The average Bonchev–Trinajstić information content (AvgIpc) is 2.60. The van der Waals surface area contributed by atoms with Gasteiger partial charge in [-0.15, -0.1) is 0 Å². The zero-order valence-electron chi connectivity index (χ0n) is 13.0. The van der Waals surface area contributed by atoms with Gasteiger partial charge in [-0.25, -0.2) is 0 Å². The molecule has 1 fully saturated rings. The molecule has 0 bridgehead atoms. The average molecular weight is 286 g/mol. The number of fused-ring (bicyclic) bond motifs is 6. The Labute approximate surface area is 132 Å². The first-order valence-electron chi connectivity index (χ1n) is 8.84. The normalized spacial score (nSPS) is 24.2. The highest BCUT2D eigenvalue weighted by Crippen LogP contribution is 2.46. The van der Waals surface area contributed by atoms with Gasteiger partial charge in [0, 0.05) is 0 Å². The molecule has 0 radical (unpaired) electrons. The summed E-state index contributed by atoms with van der Waals surface area (Å²) in [5.41, 5.74) is 3.31. The lowest BCUT2D eigenvalue weighted by atomic mass is 9.68. The van der Waals surface area contributed by atoms with Crippen LogP contribution in [0.25, 0.3) is 21.5 Å². The summed E-state index contributed by atoms with van der Waals surface area (Å²) in [5, 5.41) is 5.67. The molecular formula is C22H22. The van der Waals surface area contributed by atoms with Gasteiger partial charge in [0.25, 0.3) is 0 Å². The SMILES string of the molecule is c1ccc2c(c1)ccc1cc3c(cc12)C1CCCCC1CC3. The Hall–Kier alpha value is -1.82. The summed E-state index contributed by atoms with van der Waals surface area (Å²) in [6.07, 6.45) is 8.45. The molecule has 5 rings (SSSR count). The third-order valence-electron chi connectivity index (χ3n) is 6.10. The van der Waals surface area contributed by atoms with Crippen molar-refractivity contribution in [3.05, 3.63) is 59.7 Å². The van der Waals surface area contributed by atoms with Crippen LogP contribution >= 0.6 is 0 Å². The van der Waals surface area contributed by atoms with Gasteiger partial charge in [0.2, 0.25) is 0 Å². The van der Waals surface area contributed by atoms with Gasteiger partial charge in [-0.1, -0.05) is 55.3 Å². The van der Waals surface area contributed by atoms with Crippen molar-refractivity contribution in [3.63, 3.8) is 0 Å². The van der Waals surface area contributed by atoms with Gasteiger partial charge >= 0.3 is 0 Å². The standard InChI is InChI=1S/C22H22/c1-3-7-19-15(5-1)9-11-17-13-18-12-10-16-6-2-4-8-20(16)22(18)14-21(17)19/h1,3,5,7,9,11,13-14,16,20H,2,4,6,8,10,12H2. The van der Waals surface area contributed by atoms with E-state index in [4.69, 9.17) is 0 Å². The maximum atomic E-state index is 2.55. The molecule has 2 aliphatic carbocycles. The number of rotatable bonds is 0. The fraction of sp³-hybridized carbons (Fsp3) is 0.364. The Balaban J connectivity index is 1.78. The summed E-state index contributed by atoms with van der Waals surface area (Å²) >= 11 is 0. The molecule has 3 aromatic carbocycles. The Morgan fingerprint density at radius 1 is 0.727 bits per heavy atom. The first kappa shape index (κ1) is 12.7. The van der Waals surface area contributed by atoms with Crippen molar-refractivity contribution in [3.8, 4) is 0 Å². The minimum absolute atomic E-state index is 0.834. The summed E-state index contributed by atoms with van der Waals surface area (Å²) in [7, 11) is 0. The quantitative estimate of drug-likeness (QED) is 0.431. The minimum Gasteiger partial charge on any atom is -0.0616 e. The summed E-state index contributed by atoms with van der Waals surface area (Å²) in [4.78, 5) is 0. The van der Waals surface area contributed by atoms with E-state index in [1.807, 2.05) is 0 Å². The highest BCUT2D eigenvalue weighted by atomic mass is 14.4. The van der Waals surface area contributed by atoms with Crippen LogP contribution in [0.4, 0.5) is 0 Å². The van der Waals surface area contributed by atoms with Crippen molar-refractivity contribution in [2.75, 3.05) is 0 Å². The van der Waals surface area contributed by atoms with Crippen LogP contribution in [0.15, 0.2) is 48.5 Å². The lowest BCUT2D eigenvalue weighted by Gasteiger charge is -2.37. The van der Waals surface area contributed by atoms with Gasteiger partial charge in [-0.2, -0.15) is 0 Å². The van der Waals surface area contributed by atoms with Crippen molar-refractivity contribution in [2.24, 2.45) is 5.92 Å². The largest absolute Gasteiger partial charge is 0.0616 e. The van der Waals surface area contributed by atoms with E-state index in [2.05, 4.69) is 48.5 Å². The molecule has 0 aliphatic heterocycles. The number of benzene rings is 3. The maximum Gasteiger partial charge on any atom is -0.0102 e. The number of hydrogen-bond acceptors (Lipinski definition) is 0. The van der Waals surface area contributed by atoms with Crippen LogP contribution in [0.3, 0.4) is 0 Å². The monoisotopic (exact) mass is 286 g/mol. The smallest absolute Gasteiger partial charge is 0.0102 e. The molecule has 0 saturated heterocycles. The molecule has 0 N–H and O–H groups in total. The lowest BCUT2D eigenvalue weighted by molar-refractivity contribution is 0.276. The maximum absolute atomic E-state index is 2.55. The fourth-order valence-electron chi connectivity index (χ4n) is 4.98. The van der Waals surface area contributed by atoms with E-state index in [1.54, 1.807) is 11.1 Å². The Kier molecular flexibility index (Phi) is 2.80. The molecule has 2 aliphatic rings. The second kappa shape index (κ2) is 4.84. The minimum atomic E-state index is 0.834. The molecule has 0 amide bonds. The molecule has 2 atom stereocenters. The summed E-state index contributed by atoms with van der Waals surface area (Å²) in [6, 6.07) is 18.5. The molecule has 0 heteroatoms. The molecule has 3 aromatic rings. The first-order valence-corrected chi connectivity index (χ1v) is 8.84. The summed E-state index contributed by atoms with van der Waals surface area (Å²) in [6.45, 7) is 0. The van der Waals surface area contributed by atoms with E-state index in [0.717, 1.165) is 11.8 Å². The van der Waals surface area contributed by atoms with E-state index < -0.39 is 0 Å². The van der Waals surface area contributed by atoms with E-state index in [1.165, 1.54) is 60.1 Å². The zero-order chi connectivity index (χ0) is 14.5. The fourth-order valence-corrected chi connectivity index (χ4v) is 4.98. The molecular weight excluding hydrogens is 264 g/mol. The van der Waals surface area contributed by atoms with Crippen LogP contribution in [0, 0.1) is 5.92 Å². The third kappa shape index (κ3) is 1.83. The van der Waals surface area contributed by atoms with Crippen molar-refractivity contribution < 1.29 is 0 Å². The third-order valence-corrected chi connectivity index (χ3v) is 6.10. The highest BCUT2D eigenvalue weighted by Gasteiger charge is 2.31. The van der Waals surface area contributed by atoms with Crippen LogP contribution in [-0.4, -0.2) is 0 Å². The van der Waals surface area contributed by atoms with Crippen molar-refractivity contribution >= 4 is 21.5 Å². The van der Waals surface area contributed by atoms with E-state index >= 15 is 0 Å². The molecule has 0 spiro atoms. The summed E-state index contributed by atoms with van der Waals surface area (Å²) in [5.74, 6) is 1.79. The second-order valence-electron chi connectivity index (χ2n) is 7.25. The van der Waals surface area contributed by atoms with Gasteiger partial charge in [-0.05, 0) is 76.3 Å². The zero-order valence-corrected chi connectivity index (χ0v) is 13.0. The molecule has 0 heterocycles. The second-order valence-corrected chi connectivity index (χ2v) is 7.25. The number of aryl methyl sites for hydroxylation is 1. The van der Waals surface area contributed by atoms with Crippen LogP contribution in [0.1, 0.15) is 49.1 Å². The highest BCUT2D eigenvalue weighted by molar-refractivity contribution is 6.07. The van der Waals surface area contributed by atoms with E-state index in [0.29, 0.717) is 0 Å². The molecule has 0 nitrogen and oxygen atoms in total. The predicted octanol–water partition coefficient (Wildman–Crippen LogP) is 6.21. The van der Waals surface area contributed by atoms with Crippen molar-refractivity contribution in [2.45, 2.75) is 44.4 Å². The van der Waals surface area contributed by atoms with Crippen LogP contribution < -0.4 is 0 Å². The molecule has 22 heavy (non-hydrogen) atoms. The first-order chi connectivity index (χ1) is 10.9. The van der Waals surface area contributed by atoms with Gasteiger partial charge in [0.1, 0.15) is 0 Å². The Morgan fingerprint density at radius 3 is 2.59 bits per heavy atom. The molecule has 1 saturated carbocycles. The lowest BCUT2D eigenvalue weighted by Crippen LogP contribution is -2.23. The van der Waals surface area contributed by atoms with Crippen LogP contribution in [-0.2, 0) is 6.42 Å². The predicted molar refractivity (Wildman–Crippen MR) is 94.5 cm³/mol. The van der Waals surface area contributed by atoms with Crippen LogP contribution in [0.2, 0.25) is 0 Å². The topological polar surface area (TPSA) is 0 Å². The Morgan fingerprint density at radius 2 is 1.59 bits per heavy atom. The molecule has 0 aromatic heterocycles. The van der Waals surface area contributed by atoms with Gasteiger partial charge in [0.15, 0.2) is 0 Å².